The van der Waals surface area contributed by atoms with E-state index >= 15 is 0 Å². The van der Waals surface area contributed by atoms with Crippen LogP contribution in [0.3, 0.4) is 0 Å². The molecule has 1 aliphatic rings. The molecule has 1 saturated heterocycles. The van der Waals surface area contributed by atoms with Crippen LogP contribution < -0.4 is 9.47 Å². The first-order valence-corrected chi connectivity index (χ1v) is 10.9. The van der Waals surface area contributed by atoms with Gasteiger partial charge in [0, 0.05) is 18.5 Å². The average Bonchev–Trinajstić information content (AvgIpc) is 3.50. The number of hydrogen-bond donors (Lipinski definition) is 1. The number of benzene rings is 2. The summed E-state index contributed by atoms with van der Waals surface area (Å²) >= 11 is 0. The lowest BCUT2D eigenvalue weighted by molar-refractivity contribution is -0.141. The highest BCUT2D eigenvalue weighted by atomic mass is 19.1. The van der Waals surface area contributed by atoms with Gasteiger partial charge in [-0.1, -0.05) is 12.1 Å². The number of carbonyl (C=O) groups excluding carboxylic acids is 1. The zero-order valence-electron chi connectivity index (χ0n) is 18.7. The van der Waals surface area contributed by atoms with Crippen LogP contribution in [0.5, 0.6) is 17.5 Å². The molecule has 4 aromatic rings. The molecular formula is C24H19FN4O7. The number of carbonyl (C=O) groups is 2. The third-order valence-corrected chi connectivity index (χ3v) is 5.39. The lowest BCUT2D eigenvalue weighted by Crippen LogP contribution is -2.40. The Balaban J connectivity index is 1.23. The predicted octanol–water partition coefficient (Wildman–Crippen LogP) is 4.24. The Labute approximate surface area is 203 Å². The summed E-state index contributed by atoms with van der Waals surface area (Å²) in [6.45, 7) is 0.148. The minimum Gasteiger partial charge on any atom is -0.484 e. The number of likely N-dealkylation sites (tertiary alicyclic amines) is 1. The van der Waals surface area contributed by atoms with E-state index in [1.165, 1.54) is 23.2 Å². The van der Waals surface area contributed by atoms with Crippen molar-refractivity contribution in [2.75, 3.05) is 13.2 Å². The number of halogens is 1. The van der Waals surface area contributed by atoms with Crippen molar-refractivity contribution in [3.8, 4) is 29.0 Å². The fourth-order valence-electron chi connectivity index (χ4n) is 3.70. The number of oxazole rings is 1. The summed E-state index contributed by atoms with van der Waals surface area (Å²) in [6, 6.07) is 12.5. The van der Waals surface area contributed by atoms with Gasteiger partial charge in [0.05, 0.1) is 6.20 Å². The van der Waals surface area contributed by atoms with E-state index in [2.05, 4.69) is 15.0 Å². The van der Waals surface area contributed by atoms with E-state index in [1.54, 1.807) is 36.4 Å². The van der Waals surface area contributed by atoms with E-state index in [9.17, 15) is 14.0 Å². The number of hydrogen-bond acceptors (Lipinski definition) is 9. The molecule has 2 aromatic carbocycles. The number of aromatic nitrogens is 3. The maximum Gasteiger partial charge on any atom is 0.507 e. The minimum atomic E-state index is -1.42. The van der Waals surface area contributed by atoms with Gasteiger partial charge in [-0.05, 0) is 42.8 Å². The summed E-state index contributed by atoms with van der Waals surface area (Å²) in [4.78, 5) is 37.1. The molecular weight excluding hydrogens is 475 g/mol. The van der Waals surface area contributed by atoms with Gasteiger partial charge in [0.25, 0.3) is 11.6 Å². The van der Waals surface area contributed by atoms with Gasteiger partial charge in [-0.25, -0.2) is 19.2 Å². The van der Waals surface area contributed by atoms with Gasteiger partial charge in [0.2, 0.25) is 5.89 Å². The highest BCUT2D eigenvalue weighted by Gasteiger charge is 2.31. The highest BCUT2D eigenvalue weighted by Crippen LogP contribution is 2.27. The number of fused-ring (bicyclic) bond motifs is 1. The van der Waals surface area contributed by atoms with Gasteiger partial charge in [-0.3, -0.25) is 4.79 Å². The maximum atomic E-state index is 13.8. The predicted molar refractivity (Wildman–Crippen MR) is 121 cm³/mol. The SMILES string of the molecule is O=C(O)O[C@H]1CCCN1C(=O)COc1ccc(-c2nc3cnc(Oc4ccccc4F)nc3o2)cc1. The van der Waals surface area contributed by atoms with Gasteiger partial charge in [-0.2, -0.15) is 4.98 Å². The largest absolute Gasteiger partial charge is 0.507 e. The smallest absolute Gasteiger partial charge is 0.484 e. The van der Waals surface area contributed by atoms with Crippen molar-refractivity contribution in [2.24, 2.45) is 0 Å². The fraction of sp³-hybridized carbons (Fsp3) is 0.208. The quantitative estimate of drug-likeness (QED) is 0.371. The van der Waals surface area contributed by atoms with Crippen molar-refractivity contribution in [1.82, 2.24) is 19.9 Å². The van der Waals surface area contributed by atoms with E-state index < -0.39 is 18.2 Å². The van der Waals surface area contributed by atoms with Crippen LogP contribution in [0, 0.1) is 5.82 Å². The molecule has 36 heavy (non-hydrogen) atoms. The molecule has 1 atom stereocenters. The number of carboxylic acid groups (broad SMARTS) is 1. The van der Waals surface area contributed by atoms with Crippen molar-refractivity contribution in [3.63, 3.8) is 0 Å². The first kappa shape index (κ1) is 23.0. The van der Waals surface area contributed by atoms with Gasteiger partial charge in [0.1, 0.15) is 11.3 Å². The van der Waals surface area contributed by atoms with E-state index in [0.29, 0.717) is 36.2 Å². The van der Waals surface area contributed by atoms with E-state index in [4.69, 9.17) is 23.7 Å². The molecule has 0 unspecified atom stereocenters. The molecule has 0 saturated carbocycles. The lowest BCUT2D eigenvalue weighted by Gasteiger charge is -2.23. The summed E-state index contributed by atoms with van der Waals surface area (Å²) < 4.78 is 35.2. The summed E-state index contributed by atoms with van der Waals surface area (Å²) in [5.41, 5.74) is 1.18. The second-order valence-corrected chi connectivity index (χ2v) is 7.78. The Bertz CT molecular complexity index is 1410. The Kier molecular flexibility index (Phi) is 6.31. The number of nitrogens with zero attached hydrogens (tertiary/aromatic N) is 4. The normalized spacial score (nSPS) is 15.1. The highest BCUT2D eigenvalue weighted by molar-refractivity contribution is 5.78. The molecule has 1 aliphatic heterocycles. The van der Waals surface area contributed by atoms with Crippen LogP contribution in [-0.4, -0.2) is 56.4 Å². The first-order valence-electron chi connectivity index (χ1n) is 10.9. The number of ether oxygens (including phenoxy) is 3. The van der Waals surface area contributed by atoms with E-state index in [0.717, 1.165) is 0 Å². The molecule has 2 aromatic heterocycles. The topological polar surface area (TPSA) is 137 Å². The van der Waals surface area contributed by atoms with Gasteiger partial charge in [0.15, 0.2) is 24.4 Å². The van der Waals surface area contributed by atoms with Crippen molar-refractivity contribution in [2.45, 2.75) is 19.1 Å². The zero-order chi connectivity index (χ0) is 25.1. The second-order valence-electron chi connectivity index (χ2n) is 7.78. The Morgan fingerprint density at radius 2 is 1.94 bits per heavy atom. The number of amides is 1. The number of para-hydroxylation sites is 1. The molecule has 5 rings (SSSR count). The standard InChI is InChI=1S/C24H19FN4O7/c25-16-4-1-2-5-18(16)34-23-26-12-17-22(28-23)36-21(27-17)14-7-9-15(10-8-14)33-13-19(30)29-11-3-6-20(29)35-24(31)32/h1-2,4-5,7-10,12,20H,3,6,11,13H2,(H,31,32)/t20-/m0/s1. The monoisotopic (exact) mass is 494 g/mol. The lowest BCUT2D eigenvalue weighted by atomic mass is 10.2. The van der Waals surface area contributed by atoms with Crippen LogP contribution in [0.2, 0.25) is 0 Å². The summed E-state index contributed by atoms with van der Waals surface area (Å²) in [5, 5.41) is 8.80. The zero-order valence-corrected chi connectivity index (χ0v) is 18.7. The fourth-order valence-corrected chi connectivity index (χ4v) is 3.70. The minimum absolute atomic E-state index is 0.0136. The van der Waals surface area contributed by atoms with Crippen molar-refractivity contribution < 1.29 is 37.7 Å². The van der Waals surface area contributed by atoms with Gasteiger partial charge >= 0.3 is 12.2 Å². The molecule has 0 radical (unpaired) electrons. The third kappa shape index (κ3) is 5.02. The maximum absolute atomic E-state index is 13.8. The molecule has 11 nitrogen and oxygen atoms in total. The van der Waals surface area contributed by atoms with Crippen LogP contribution in [0.15, 0.2) is 59.1 Å². The Hall–Kier alpha value is -4.74. The summed E-state index contributed by atoms with van der Waals surface area (Å²) in [7, 11) is 0. The van der Waals surface area contributed by atoms with Crippen molar-refractivity contribution >= 4 is 23.3 Å². The van der Waals surface area contributed by atoms with Crippen LogP contribution in [0.1, 0.15) is 12.8 Å². The average molecular weight is 494 g/mol. The molecule has 12 heteroatoms. The number of rotatable bonds is 7. The first-order chi connectivity index (χ1) is 17.5. The summed E-state index contributed by atoms with van der Waals surface area (Å²) in [5.74, 6) is -0.222. The third-order valence-electron chi connectivity index (χ3n) is 5.39. The van der Waals surface area contributed by atoms with Gasteiger partial charge < -0.3 is 28.6 Å². The van der Waals surface area contributed by atoms with Crippen molar-refractivity contribution in [1.29, 1.82) is 0 Å². The molecule has 1 amide bonds. The molecule has 0 aliphatic carbocycles. The molecule has 1 N–H and O–H groups in total. The Morgan fingerprint density at radius 1 is 1.14 bits per heavy atom. The molecule has 184 valence electrons. The molecule has 3 heterocycles. The van der Waals surface area contributed by atoms with E-state index in [1.807, 2.05) is 0 Å². The van der Waals surface area contributed by atoms with E-state index in [-0.39, 0.29) is 35.9 Å². The second kappa shape index (κ2) is 9.86. The van der Waals surface area contributed by atoms with Crippen molar-refractivity contribution in [3.05, 3.63) is 60.5 Å². The van der Waals surface area contributed by atoms with Crippen LogP contribution in [0.25, 0.3) is 22.7 Å². The van der Waals surface area contributed by atoms with Gasteiger partial charge in [-0.15, -0.1) is 0 Å². The molecule has 0 spiro atoms. The molecule has 1 fully saturated rings. The van der Waals surface area contributed by atoms with Crippen LogP contribution >= 0.6 is 0 Å². The van der Waals surface area contributed by atoms with Crippen LogP contribution in [-0.2, 0) is 9.53 Å². The summed E-state index contributed by atoms with van der Waals surface area (Å²) in [6.07, 6.45) is 0.313. The Morgan fingerprint density at radius 3 is 2.72 bits per heavy atom. The van der Waals surface area contributed by atoms with Crippen LogP contribution in [0.4, 0.5) is 9.18 Å². The molecule has 0 bridgehead atoms.